The van der Waals surface area contributed by atoms with Gasteiger partial charge in [0.1, 0.15) is 6.29 Å². The molecule has 0 aliphatic heterocycles. The summed E-state index contributed by atoms with van der Waals surface area (Å²) in [6, 6.07) is 5.38. The van der Waals surface area contributed by atoms with Crippen LogP contribution in [-0.4, -0.2) is 19.0 Å². The average Bonchev–Trinajstić information content (AvgIpc) is 2.50. The fraction of sp³-hybridized carbons (Fsp3) is 0.588. The summed E-state index contributed by atoms with van der Waals surface area (Å²) in [5.74, 6) is 2.30. The highest BCUT2D eigenvalue weighted by Crippen LogP contribution is 2.33. The molecule has 1 aromatic rings. The molecule has 1 fully saturated rings. The largest absolute Gasteiger partial charge is 0.490 e. The predicted octanol–water partition coefficient (Wildman–Crippen LogP) is 4.25. The molecule has 0 amide bonds. The van der Waals surface area contributed by atoms with Crippen molar-refractivity contribution in [2.24, 2.45) is 5.92 Å². The molecule has 1 aliphatic rings. The van der Waals surface area contributed by atoms with Crippen molar-refractivity contribution in [3.8, 4) is 11.5 Å². The number of benzene rings is 1. The molecule has 0 saturated heterocycles. The van der Waals surface area contributed by atoms with Crippen LogP contribution in [0.25, 0.3) is 0 Å². The van der Waals surface area contributed by atoms with Crippen molar-refractivity contribution < 1.29 is 14.3 Å². The van der Waals surface area contributed by atoms with Crippen LogP contribution >= 0.6 is 0 Å². The molecule has 0 N–H and O–H groups in total. The minimum absolute atomic E-state index is 0.277. The molecule has 3 heteroatoms. The van der Waals surface area contributed by atoms with E-state index in [4.69, 9.17) is 9.47 Å². The zero-order valence-electron chi connectivity index (χ0n) is 12.4. The summed E-state index contributed by atoms with van der Waals surface area (Å²) in [6.07, 6.45) is 7.09. The highest BCUT2D eigenvalue weighted by Gasteiger charge is 2.22. The van der Waals surface area contributed by atoms with Gasteiger partial charge in [-0.3, -0.25) is 4.79 Å². The highest BCUT2D eigenvalue weighted by atomic mass is 16.5. The van der Waals surface area contributed by atoms with Gasteiger partial charge < -0.3 is 9.47 Å². The van der Waals surface area contributed by atoms with E-state index in [1.807, 2.05) is 13.0 Å². The Morgan fingerprint density at radius 2 is 1.90 bits per heavy atom. The molecule has 1 saturated carbocycles. The third-order valence-corrected chi connectivity index (χ3v) is 4.07. The summed E-state index contributed by atoms with van der Waals surface area (Å²) in [5.41, 5.74) is 0.621. The number of carbonyl (C=O) groups excluding carboxylic acids is 1. The van der Waals surface area contributed by atoms with Crippen LogP contribution in [-0.2, 0) is 0 Å². The minimum Gasteiger partial charge on any atom is -0.490 e. The van der Waals surface area contributed by atoms with Crippen LogP contribution in [0.2, 0.25) is 0 Å². The lowest BCUT2D eigenvalue weighted by atomic mass is 9.86. The zero-order valence-corrected chi connectivity index (χ0v) is 12.4. The van der Waals surface area contributed by atoms with Crippen molar-refractivity contribution in [1.82, 2.24) is 0 Å². The normalized spacial score (nSPS) is 22.3. The van der Waals surface area contributed by atoms with E-state index in [-0.39, 0.29) is 6.10 Å². The van der Waals surface area contributed by atoms with Gasteiger partial charge in [0.25, 0.3) is 0 Å². The molecule has 1 aliphatic carbocycles. The van der Waals surface area contributed by atoms with E-state index in [1.165, 1.54) is 19.3 Å². The van der Waals surface area contributed by atoms with Gasteiger partial charge in [0.05, 0.1) is 12.7 Å². The van der Waals surface area contributed by atoms with Crippen LogP contribution in [0.1, 0.15) is 56.3 Å². The number of ether oxygens (including phenoxy) is 2. The Labute approximate surface area is 121 Å². The van der Waals surface area contributed by atoms with Crippen molar-refractivity contribution in [2.75, 3.05) is 6.61 Å². The quantitative estimate of drug-likeness (QED) is 0.729. The Morgan fingerprint density at radius 3 is 2.50 bits per heavy atom. The van der Waals surface area contributed by atoms with Crippen LogP contribution in [0.5, 0.6) is 11.5 Å². The highest BCUT2D eigenvalue weighted by molar-refractivity contribution is 5.76. The monoisotopic (exact) mass is 276 g/mol. The lowest BCUT2D eigenvalue weighted by Gasteiger charge is -2.28. The van der Waals surface area contributed by atoms with Gasteiger partial charge in [0, 0.05) is 5.56 Å². The van der Waals surface area contributed by atoms with Gasteiger partial charge in [-0.2, -0.15) is 0 Å². The van der Waals surface area contributed by atoms with Crippen LogP contribution in [0.15, 0.2) is 18.2 Å². The Kier molecular flexibility index (Phi) is 5.45. The van der Waals surface area contributed by atoms with Crippen LogP contribution in [0.4, 0.5) is 0 Å². The second-order valence-corrected chi connectivity index (χ2v) is 5.43. The Bertz CT molecular complexity index is 434. The molecular formula is C17H24O3. The van der Waals surface area contributed by atoms with Gasteiger partial charge in [0.2, 0.25) is 0 Å². The van der Waals surface area contributed by atoms with Crippen molar-refractivity contribution in [3.63, 3.8) is 0 Å². The number of hydrogen-bond acceptors (Lipinski definition) is 3. The average molecular weight is 276 g/mol. The fourth-order valence-electron chi connectivity index (χ4n) is 2.80. The van der Waals surface area contributed by atoms with Gasteiger partial charge in [0.15, 0.2) is 11.5 Å². The van der Waals surface area contributed by atoms with E-state index in [1.54, 1.807) is 12.1 Å². The molecule has 0 unspecified atom stereocenters. The fourth-order valence-corrected chi connectivity index (χ4v) is 2.80. The van der Waals surface area contributed by atoms with E-state index < -0.39 is 0 Å². The van der Waals surface area contributed by atoms with Crippen molar-refractivity contribution in [3.05, 3.63) is 23.8 Å². The van der Waals surface area contributed by atoms with Crippen molar-refractivity contribution >= 4 is 6.29 Å². The molecule has 0 bridgehead atoms. The summed E-state index contributed by atoms with van der Waals surface area (Å²) < 4.78 is 11.7. The van der Waals surface area contributed by atoms with E-state index >= 15 is 0 Å². The van der Waals surface area contributed by atoms with Gasteiger partial charge in [-0.1, -0.05) is 13.3 Å². The summed E-state index contributed by atoms with van der Waals surface area (Å²) in [6.45, 7) is 4.77. The SMILES string of the molecule is CCOc1cc(C=O)ccc1OC1CCC(CC)CC1. The first kappa shape index (κ1) is 14.9. The molecule has 0 heterocycles. The molecular weight excluding hydrogens is 252 g/mol. The summed E-state index contributed by atoms with van der Waals surface area (Å²) in [7, 11) is 0. The molecule has 0 aromatic heterocycles. The number of aldehydes is 1. The zero-order chi connectivity index (χ0) is 14.4. The molecule has 20 heavy (non-hydrogen) atoms. The van der Waals surface area contributed by atoms with Crippen LogP contribution < -0.4 is 9.47 Å². The number of hydrogen-bond donors (Lipinski definition) is 0. The van der Waals surface area contributed by atoms with Gasteiger partial charge in [-0.15, -0.1) is 0 Å². The first-order chi connectivity index (χ1) is 9.76. The first-order valence-electron chi connectivity index (χ1n) is 7.65. The molecule has 1 aromatic carbocycles. The molecule has 2 rings (SSSR count). The summed E-state index contributed by atoms with van der Waals surface area (Å²) >= 11 is 0. The standard InChI is InChI=1S/C17H24O3/c1-3-13-5-8-15(9-6-13)20-16-10-7-14(12-18)11-17(16)19-4-2/h7,10-13,15H,3-6,8-9H2,1-2H3. The second kappa shape index (κ2) is 7.32. The van der Waals surface area contributed by atoms with Gasteiger partial charge in [-0.25, -0.2) is 0 Å². The van der Waals surface area contributed by atoms with Crippen LogP contribution in [0, 0.1) is 5.92 Å². The second-order valence-electron chi connectivity index (χ2n) is 5.43. The van der Waals surface area contributed by atoms with Crippen LogP contribution in [0.3, 0.4) is 0 Å². The minimum atomic E-state index is 0.277. The maximum absolute atomic E-state index is 10.8. The first-order valence-corrected chi connectivity index (χ1v) is 7.65. The van der Waals surface area contributed by atoms with E-state index in [9.17, 15) is 4.79 Å². The predicted molar refractivity (Wildman–Crippen MR) is 79.7 cm³/mol. The van der Waals surface area contributed by atoms with E-state index in [0.717, 1.165) is 30.8 Å². The Balaban J connectivity index is 2.03. The Morgan fingerprint density at radius 1 is 1.15 bits per heavy atom. The number of rotatable bonds is 6. The lowest BCUT2D eigenvalue weighted by Crippen LogP contribution is -2.24. The lowest BCUT2D eigenvalue weighted by molar-refractivity contribution is 0.112. The van der Waals surface area contributed by atoms with Crippen molar-refractivity contribution in [2.45, 2.75) is 52.1 Å². The molecule has 0 radical (unpaired) electrons. The van der Waals surface area contributed by atoms with Gasteiger partial charge >= 0.3 is 0 Å². The maximum atomic E-state index is 10.8. The third kappa shape index (κ3) is 3.75. The molecule has 110 valence electrons. The number of carbonyl (C=O) groups is 1. The van der Waals surface area contributed by atoms with E-state index in [0.29, 0.717) is 17.9 Å². The van der Waals surface area contributed by atoms with E-state index in [2.05, 4.69) is 6.92 Å². The molecule has 0 spiro atoms. The maximum Gasteiger partial charge on any atom is 0.161 e. The molecule has 3 nitrogen and oxygen atoms in total. The Hall–Kier alpha value is -1.51. The summed E-state index contributed by atoms with van der Waals surface area (Å²) in [5, 5.41) is 0. The third-order valence-electron chi connectivity index (χ3n) is 4.07. The van der Waals surface area contributed by atoms with Gasteiger partial charge in [-0.05, 0) is 56.7 Å². The molecule has 0 atom stereocenters. The summed E-state index contributed by atoms with van der Waals surface area (Å²) in [4.78, 5) is 10.8. The smallest absolute Gasteiger partial charge is 0.161 e. The van der Waals surface area contributed by atoms with Crippen molar-refractivity contribution in [1.29, 1.82) is 0 Å². The topological polar surface area (TPSA) is 35.5 Å².